The summed E-state index contributed by atoms with van der Waals surface area (Å²) in [4.78, 5) is 4.33. The second-order valence-electron chi connectivity index (χ2n) is 5.59. The number of aliphatic imine (C=N–C) groups is 1. The number of ether oxygens (including phenoxy) is 1. The minimum absolute atomic E-state index is 0.350. The van der Waals surface area contributed by atoms with Crippen molar-refractivity contribution < 1.29 is 4.74 Å². The minimum atomic E-state index is 0.350. The largest absolute Gasteiger partial charge is 0.487 e. The summed E-state index contributed by atoms with van der Waals surface area (Å²) in [5.74, 6) is 6.17. The molecule has 1 rings (SSSR count). The van der Waals surface area contributed by atoms with E-state index >= 15 is 0 Å². The number of unbranched alkanes of at least 4 members (excludes halogenated alkanes) is 1. The molecular weight excluding hydrogens is 288 g/mol. The van der Waals surface area contributed by atoms with Gasteiger partial charge in [-0.05, 0) is 42.9 Å². The Morgan fingerprint density at radius 3 is 2.70 bits per heavy atom. The number of nitrogens with zero attached hydrogens (tertiary/aromatic N) is 2. The molecule has 0 aliphatic rings. The van der Waals surface area contributed by atoms with E-state index in [2.05, 4.69) is 43.0 Å². The van der Waals surface area contributed by atoms with Gasteiger partial charge in [0.15, 0.2) is 0 Å². The zero-order valence-corrected chi connectivity index (χ0v) is 14.6. The lowest BCUT2D eigenvalue weighted by Crippen LogP contribution is -2.17. The summed E-state index contributed by atoms with van der Waals surface area (Å²) in [6, 6.07) is 4.48. The highest BCUT2D eigenvalue weighted by Gasteiger charge is 2.10. The molecule has 0 saturated carbocycles. The number of rotatable bonds is 10. The van der Waals surface area contributed by atoms with Gasteiger partial charge in [-0.1, -0.05) is 32.4 Å². The average molecular weight is 318 g/mol. The van der Waals surface area contributed by atoms with Crippen LogP contribution < -0.4 is 16.3 Å². The second-order valence-corrected chi connectivity index (χ2v) is 5.59. The van der Waals surface area contributed by atoms with Crippen LogP contribution in [0.15, 0.2) is 22.2 Å². The summed E-state index contributed by atoms with van der Waals surface area (Å²) in [6.45, 7) is 7.84. The van der Waals surface area contributed by atoms with Gasteiger partial charge < -0.3 is 16.3 Å². The zero-order chi connectivity index (χ0) is 17.1. The Morgan fingerprint density at radius 2 is 2.09 bits per heavy atom. The fraction of sp³-hybridized carbons (Fsp3) is 0.556. The van der Waals surface area contributed by atoms with E-state index in [1.54, 1.807) is 0 Å². The molecule has 1 aromatic carbocycles. The monoisotopic (exact) mass is 318 g/mol. The van der Waals surface area contributed by atoms with E-state index < -0.39 is 0 Å². The lowest BCUT2D eigenvalue weighted by Gasteiger charge is -2.15. The Kier molecular flexibility index (Phi) is 8.98. The molecule has 0 amide bonds. The quantitative estimate of drug-likeness (QED) is 0.395. The first-order valence-corrected chi connectivity index (χ1v) is 8.38. The Hall–Kier alpha value is -1.88. The van der Waals surface area contributed by atoms with Crippen molar-refractivity contribution in [2.75, 3.05) is 19.7 Å². The van der Waals surface area contributed by atoms with Gasteiger partial charge in [0.25, 0.3) is 0 Å². The molecule has 0 atom stereocenters. The Labute approximate surface area is 139 Å². The Bertz CT molecular complexity index is 538. The van der Waals surface area contributed by atoms with Gasteiger partial charge in [-0.15, -0.1) is 0 Å². The lowest BCUT2D eigenvalue weighted by molar-refractivity contribution is 0.371. The normalized spacial score (nSPS) is 12.1. The molecular formula is C18H30N4O. The van der Waals surface area contributed by atoms with Crippen molar-refractivity contribution >= 4 is 11.9 Å². The number of benzene rings is 1. The summed E-state index contributed by atoms with van der Waals surface area (Å²) in [5.41, 5.74) is 9.97. The highest BCUT2D eigenvalue weighted by atomic mass is 16.5. The standard InChI is InChI=1S/C18H30N4O/c1-4-6-7-15-10-14(3)18(16(5-2)11-15)23-13-17(12-22-20)21-9-8-19/h10-12H,4-9,13,19-20H2,1-3H3. The molecule has 5 nitrogen and oxygen atoms in total. The van der Waals surface area contributed by atoms with E-state index in [1.165, 1.54) is 35.7 Å². The fourth-order valence-electron chi connectivity index (χ4n) is 2.49. The topological polar surface area (TPSA) is 86.0 Å². The molecule has 0 spiro atoms. The van der Waals surface area contributed by atoms with Crippen LogP contribution in [0.4, 0.5) is 0 Å². The van der Waals surface area contributed by atoms with Crippen LogP contribution in [0.3, 0.4) is 0 Å². The van der Waals surface area contributed by atoms with Gasteiger partial charge in [0.2, 0.25) is 0 Å². The Balaban J connectivity index is 2.90. The number of hydrogen-bond donors (Lipinski definition) is 2. The molecule has 0 radical (unpaired) electrons. The molecule has 0 aromatic heterocycles. The number of aryl methyl sites for hydroxylation is 3. The van der Waals surface area contributed by atoms with Crippen LogP contribution >= 0.6 is 0 Å². The first-order valence-electron chi connectivity index (χ1n) is 8.38. The molecule has 0 bridgehead atoms. The van der Waals surface area contributed by atoms with Crippen molar-refractivity contribution in [2.45, 2.75) is 46.5 Å². The lowest BCUT2D eigenvalue weighted by atomic mass is 9.99. The van der Waals surface area contributed by atoms with Crippen LogP contribution in [0.1, 0.15) is 43.4 Å². The van der Waals surface area contributed by atoms with Gasteiger partial charge in [0, 0.05) is 6.54 Å². The number of hydrazone groups is 1. The third-order valence-electron chi connectivity index (χ3n) is 3.64. The predicted octanol–water partition coefficient (Wildman–Crippen LogP) is 2.62. The molecule has 0 aliphatic carbocycles. The molecule has 5 heteroatoms. The fourth-order valence-corrected chi connectivity index (χ4v) is 2.49. The summed E-state index contributed by atoms with van der Waals surface area (Å²) in [6.07, 6.45) is 6.00. The third kappa shape index (κ3) is 6.40. The van der Waals surface area contributed by atoms with Crippen molar-refractivity contribution in [1.29, 1.82) is 0 Å². The van der Waals surface area contributed by atoms with E-state index in [-0.39, 0.29) is 0 Å². The molecule has 0 aliphatic heterocycles. The summed E-state index contributed by atoms with van der Waals surface area (Å²) >= 11 is 0. The number of nitrogens with two attached hydrogens (primary N) is 2. The maximum atomic E-state index is 6.01. The highest BCUT2D eigenvalue weighted by Crippen LogP contribution is 2.27. The molecule has 1 aromatic rings. The first kappa shape index (κ1) is 19.2. The van der Waals surface area contributed by atoms with Crippen LogP contribution in [-0.4, -0.2) is 31.6 Å². The van der Waals surface area contributed by atoms with Gasteiger partial charge in [-0.2, -0.15) is 5.10 Å². The van der Waals surface area contributed by atoms with Crippen LogP contribution in [0, 0.1) is 6.92 Å². The third-order valence-corrected chi connectivity index (χ3v) is 3.64. The SMILES string of the molecule is CCCCc1cc(C)c(OCC(C=NN)=NCCN)c(CC)c1. The van der Waals surface area contributed by atoms with E-state index in [1.807, 2.05) is 0 Å². The average Bonchev–Trinajstić information content (AvgIpc) is 2.55. The zero-order valence-electron chi connectivity index (χ0n) is 14.6. The number of hydrogen-bond acceptors (Lipinski definition) is 5. The van der Waals surface area contributed by atoms with E-state index in [4.69, 9.17) is 16.3 Å². The maximum absolute atomic E-state index is 6.01. The molecule has 4 N–H and O–H groups in total. The molecule has 0 heterocycles. The van der Waals surface area contributed by atoms with E-state index in [9.17, 15) is 0 Å². The van der Waals surface area contributed by atoms with Crippen molar-refractivity contribution in [1.82, 2.24) is 0 Å². The van der Waals surface area contributed by atoms with Gasteiger partial charge >= 0.3 is 0 Å². The van der Waals surface area contributed by atoms with Crippen molar-refractivity contribution in [3.63, 3.8) is 0 Å². The molecule has 23 heavy (non-hydrogen) atoms. The summed E-state index contributed by atoms with van der Waals surface area (Å²) in [5, 5.41) is 3.54. The van der Waals surface area contributed by atoms with Gasteiger partial charge in [-0.3, -0.25) is 4.99 Å². The van der Waals surface area contributed by atoms with Crippen LogP contribution in [0.5, 0.6) is 5.75 Å². The van der Waals surface area contributed by atoms with Crippen LogP contribution in [0.2, 0.25) is 0 Å². The van der Waals surface area contributed by atoms with Gasteiger partial charge in [-0.25, -0.2) is 0 Å². The molecule has 0 fully saturated rings. The first-order chi connectivity index (χ1) is 11.2. The maximum Gasteiger partial charge on any atom is 0.131 e. The minimum Gasteiger partial charge on any atom is -0.487 e. The summed E-state index contributed by atoms with van der Waals surface area (Å²) < 4.78 is 6.01. The summed E-state index contributed by atoms with van der Waals surface area (Å²) in [7, 11) is 0. The molecule has 0 unspecified atom stereocenters. The Morgan fingerprint density at radius 1 is 1.30 bits per heavy atom. The van der Waals surface area contributed by atoms with Gasteiger partial charge in [0.05, 0.1) is 18.5 Å². The van der Waals surface area contributed by atoms with Crippen molar-refractivity contribution in [3.8, 4) is 5.75 Å². The predicted molar refractivity (Wildman–Crippen MR) is 98.7 cm³/mol. The van der Waals surface area contributed by atoms with Gasteiger partial charge in [0.1, 0.15) is 12.4 Å². The second kappa shape index (κ2) is 10.8. The van der Waals surface area contributed by atoms with Crippen molar-refractivity contribution in [3.05, 3.63) is 28.8 Å². The van der Waals surface area contributed by atoms with E-state index in [0.29, 0.717) is 25.4 Å². The highest BCUT2D eigenvalue weighted by molar-refractivity contribution is 6.31. The van der Waals surface area contributed by atoms with Crippen molar-refractivity contribution in [2.24, 2.45) is 21.7 Å². The molecule has 0 saturated heterocycles. The van der Waals surface area contributed by atoms with E-state index in [0.717, 1.165) is 18.6 Å². The molecule has 128 valence electrons. The smallest absolute Gasteiger partial charge is 0.131 e. The van der Waals surface area contributed by atoms with Crippen LogP contribution in [0.25, 0.3) is 0 Å². The van der Waals surface area contributed by atoms with Crippen LogP contribution in [-0.2, 0) is 12.8 Å².